The summed E-state index contributed by atoms with van der Waals surface area (Å²) in [5, 5.41) is 13.2. The average molecular weight is 343 g/mol. The molecule has 2 N–H and O–H groups in total. The maximum absolute atomic E-state index is 12.4. The minimum absolute atomic E-state index is 0.00655. The number of aryl methyl sites for hydroxylation is 3. The number of hydrogen-bond donors (Lipinski definition) is 2. The third kappa shape index (κ3) is 3.05. The van der Waals surface area contributed by atoms with Gasteiger partial charge in [-0.1, -0.05) is 0 Å². The summed E-state index contributed by atoms with van der Waals surface area (Å²) < 4.78 is 11.2. The summed E-state index contributed by atoms with van der Waals surface area (Å²) >= 11 is 0. The van der Waals surface area contributed by atoms with Crippen molar-refractivity contribution in [1.82, 2.24) is 5.32 Å². The number of aliphatic hydroxyl groups excluding tert-OH is 1. The fourth-order valence-electron chi connectivity index (χ4n) is 3.21. The highest BCUT2D eigenvalue weighted by Gasteiger charge is 2.19. The van der Waals surface area contributed by atoms with E-state index >= 15 is 0 Å². The van der Waals surface area contributed by atoms with Crippen LogP contribution in [-0.2, 0) is 11.2 Å². The van der Waals surface area contributed by atoms with E-state index in [9.17, 15) is 9.59 Å². The molecule has 0 atom stereocenters. The summed E-state index contributed by atoms with van der Waals surface area (Å²) in [7, 11) is 0. The average Bonchev–Trinajstić information content (AvgIpc) is 2.94. The molecule has 1 amide bonds. The largest absolute Gasteiger partial charge is 0.463 e. The molecule has 3 aromatic rings. The Morgan fingerprint density at radius 1 is 1.20 bits per heavy atom. The Hall–Kier alpha value is -2.60. The van der Waals surface area contributed by atoms with E-state index < -0.39 is 5.63 Å². The quantitative estimate of drug-likeness (QED) is 0.548. The molecule has 0 unspecified atom stereocenters. The van der Waals surface area contributed by atoms with Crippen molar-refractivity contribution in [3.8, 4) is 0 Å². The first kappa shape index (κ1) is 17.2. The molecule has 0 saturated heterocycles. The Labute approximate surface area is 144 Å². The zero-order valence-corrected chi connectivity index (χ0v) is 14.6. The van der Waals surface area contributed by atoms with Crippen LogP contribution < -0.4 is 10.9 Å². The number of furan rings is 1. The minimum Gasteiger partial charge on any atom is -0.463 e. The summed E-state index contributed by atoms with van der Waals surface area (Å²) in [6, 6.07) is 1.83. The van der Waals surface area contributed by atoms with E-state index in [1.807, 2.05) is 26.8 Å². The molecule has 0 fully saturated rings. The number of carbonyl (C=O) groups excluding carboxylic acids is 1. The molecule has 132 valence electrons. The lowest BCUT2D eigenvalue weighted by Crippen LogP contribution is -2.29. The van der Waals surface area contributed by atoms with Gasteiger partial charge in [-0.25, -0.2) is 4.79 Å². The maximum atomic E-state index is 12.4. The van der Waals surface area contributed by atoms with E-state index in [0.717, 1.165) is 21.9 Å². The van der Waals surface area contributed by atoms with Crippen LogP contribution in [0.2, 0.25) is 0 Å². The molecule has 25 heavy (non-hydrogen) atoms. The Morgan fingerprint density at radius 3 is 2.68 bits per heavy atom. The second-order valence-corrected chi connectivity index (χ2v) is 6.29. The molecule has 0 aliphatic heterocycles. The third-order valence-electron chi connectivity index (χ3n) is 4.46. The number of nitrogens with one attached hydrogen (secondary N) is 1. The zero-order valence-electron chi connectivity index (χ0n) is 14.6. The number of benzene rings is 1. The monoisotopic (exact) mass is 343 g/mol. The van der Waals surface area contributed by atoms with Crippen molar-refractivity contribution in [2.45, 2.75) is 33.6 Å². The van der Waals surface area contributed by atoms with Gasteiger partial charge in [0.05, 0.1) is 23.6 Å². The SMILES string of the molecule is Cc1coc2c1c(C)cc1oc(=O)c(CC(=O)NCCCO)c(C)c12. The Balaban J connectivity index is 2.11. The van der Waals surface area contributed by atoms with Crippen molar-refractivity contribution < 1.29 is 18.7 Å². The molecule has 0 aliphatic carbocycles. The molecule has 0 spiro atoms. The summed E-state index contributed by atoms with van der Waals surface area (Å²) in [4.78, 5) is 24.4. The van der Waals surface area contributed by atoms with Crippen LogP contribution in [0.4, 0.5) is 0 Å². The van der Waals surface area contributed by atoms with E-state index in [-0.39, 0.29) is 18.9 Å². The number of rotatable bonds is 5. The number of hydrogen-bond acceptors (Lipinski definition) is 5. The highest BCUT2D eigenvalue weighted by atomic mass is 16.4. The molecule has 6 heteroatoms. The molecule has 0 radical (unpaired) electrons. The van der Waals surface area contributed by atoms with Crippen molar-refractivity contribution in [3.05, 3.63) is 45.0 Å². The van der Waals surface area contributed by atoms with Crippen LogP contribution in [0.5, 0.6) is 0 Å². The first-order valence-electron chi connectivity index (χ1n) is 8.25. The van der Waals surface area contributed by atoms with Gasteiger partial charge < -0.3 is 19.3 Å². The number of fused-ring (bicyclic) bond motifs is 3. The van der Waals surface area contributed by atoms with Gasteiger partial charge in [-0.05, 0) is 49.9 Å². The summed E-state index contributed by atoms with van der Waals surface area (Å²) in [6.07, 6.45) is 2.09. The maximum Gasteiger partial charge on any atom is 0.340 e. The fourth-order valence-corrected chi connectivity index (χ4v) is 3.21. The van der Waals surface area contributed by atoms with Gasteiger partial charge in [-0.2, -0.15) is 0 Å². The predicted molar refractivity (Wildman–Crippen MR) is 94.9 cm³/mol. The Bertz CT molecular complexity index is 1010. The van der Waals surface area contributed by atoms with Gasteiger partial charge >= 0.3 is 5.63 Å². The van der Waals surface area contributed by atoms with Crippen LogP contribution in [0.1, 0.15) is 28.7 Å². The van der Waals surface area contributed by atoms with Gasteiger partial charge in [0.2, 0.25) is 5.91 Å². The fraction of sp³-hybridized carbons (Fsp3) is 0.368. The lowest BCUT2D eigenvalue weighted by molar-refractivity contribution is -0.120. The molecule has 1 aromatic carbocycles. The Morgan fingerprint density at radius 2 is 1.96 bits per heavy atom. The van der Waals surface area contributed by atoms with Gasteiger partial charge in [0, 0.05) is 18.5 Å². The van der Waals surface area contributed by atoms with Crippen molar-refractivity contribution in [2.24, 2.45) is 0 Å². The van der Waals surface area contributed by atoms with Gasteiger partial charge in [0.25, 0.3) is 0 Å². The minimum atomic E-state index is -0.510. The first-order valence-corrected chi connectivity index (χ1v) is 8.25. The summed E-state index contributed by atoms with van der Waals surface area (Å²) in [5.41, 5.74) is 3.65. The molecule has 0 bridgehead atoms. The van der Waals surface area contributed by atoms with Crippen LogP contribution in [-0.4, -0.2) is 24.2 Å². The van der Waals surface area contributed by atoms with E-state index in [4.69, 9.17) is 13.9 Å². The first-order chi connectivity index (χ1) is 11.9. The van der Waals surface area contributed by atoms with Crippen molar-refractivity contribution in [1.29, 1.82) is 0 Å². The second kappa shape index (κ2) is 6.72. The molecular weight excluding hydrogens is 322 g/mol. The standard InChI is InChI=1S/C19H21NO5/c1-10-7-14-17(18-16(10)11(2)9-24-18)12(3)13(19(23)25-14)8-15(22)20-5-4-6-21/h7,9,21H,4-6,8H2,1-3H3,(H,20,22). The van der Waals surface area contributed by atoms with Crippen LogP contribution in [0.25, 0.3) is 21.9 Å². The Kier molecular flexibility index (Phi) is 4.63. The third-order valence-corrected chi connectivity index (χ3v) is 4.46. The van der Waals surface area contributed by atoms with Crippen molar-refractivity contribution >= 4 is 27.8 Å². The van der Waals surface area contributed by atoms with Crippen LogP contribution in [0.3, 0.4) is 0 Å². The van der Waals surface area contributed by atoms with Crippen LogP contribution >= 0.6 is 0 Å². The number of carbonyl (C=O) groups is 1. The normalized spacial score (nSPS) is 11.4. The molecule has 3 rings (SSSR count). The van der Waals surface area contributed by atoms with Gasteiger partial charge in [0.15, 0.2) is 0 Å². The summed E-state index contributed by atoms with van der Waals surface area (Å²) in [6.45, 7) is 6.10. The topological polar surface area (TPSA) is 92.7 Å². The number of amides is 1. The van der Waals surface area contributed by atoms with Crippen molar-refractivity contribution in [2.75, 3.05) is 13.2 Å². The highest BCUT2D eigenvalue weighted by Crippen LogP contribution is 2.34. The van der Waals surface area contributed by atoms with Gasteiger partial charge in [-0.15, -0.1) is 0 Å². The lowest BCUT2D eigenvalue weighted by Gasteiger charge is -2.10. The van der Waals surface area contributed by atoms with E-state index in [1.54, 1.807) is 6.26 Å². The smallest absolute Gasteiger partial charge is 0.340 e. The van der Waals surface area contributed by atoms with E-state index in [1.165, 1.54) is 0 Å². The molecule has 0 saturated carbocycles. The number of aliphatic hydroxyl groups is 1. The van der Waals surface area contributed by atoms with Gasteiger partial charge in [0.1, 0.15) is 11.2 Å². The second-order valence-electron chi connectivity index (χ2n) is 6.29. The summed E-state index contributed by atoms with van der Waals surface area (Å²) in [5.74, 6) is -0.276. The molecule has 0 aliphatic rings. The molecular formula is C19H21NO5. The predicted octanol–water partition coefficient (Wildman–Crippen LogP) is 2.51. The molecule has 6 nitrogen and oxygen atoms in total. The highest BCUT2D eigenvalue weighted by molar-refractivity contribution is 6.07. The van der Waals surface area contributed by atoms with Crippen LogP contribution in [0, 0.1) is 20.8 Å². The molecule has 2 heterocycles. The van der Waals surface area contributed by atoms with E-state index in [2.05, 4.69) is 5.32 Å². The van der Waals surface area contributed by atoms with Gasteiger partial charge in [-0.3, -0.25) is 4.79 Å². The lowest BCUT2D eigenvalue weighted by atomic mass is 9.99. The van der Waals surface area contributed by atoms with Crippen molar-refractivity contribution in [3.63, 3.8) is 0 Å². The van der Waals surface area contributed by atoms with E-state index in [0.29, 0.717) is 35.3 Å². The van der Waals surface area contributed by atoms with Crippen LogP contribution in [0.15, 0.2) is 26.0 Å². The zero-order chi connectivity index (χ0) is 18.1. The molecule has 2 aromatic heterocycles.